The van der Waals surface area contributed by atoms with Crippen LogP contribution in [0, 0.1) is 0 Å². The molecule has 8 N–H and O–H groups in total. The number of aromatic hydroxyl groups is 1. The van der Waals surface area contributed by atoms with Gasteiger partial charge in [0.1, 0.15) is 88.9 Å². The summed E-state index contributed by atoms with van der Waals surface area (Å²) < 4.78 is 33.6. The average molecular weight is 623 g/mol. The Morgan fingerprint density at radius 3 is 2.05 bits per heavy atom. The van der Waals surface area contributed by atoms with Crippen LogP contribution >= 0.6 is 0 Å². The predicted octanol–water partition coefficient (Wildman–Crippen LogP) is -1.48. The second kappa shape index (κ2) is 12.9. The van der Waals surface area contributed by atoms with E-state index in [1.807, 2.05) is 0 Å². The molecule has 1 aromatic heterocycles. The summed E-state index contributed by atoms with van der Waals surface area (Å²) in [5.74, 6) is -0.0157. The monoisotopic (exact) mass is 622 g/mol. The molecule has 0 saturated carbocycles. The van der Waals surface area contributed by atoms with Crippen LogP contribution in [0.5, 0.6) is 17.2 Å². The van der Waals surface area contributed by atoms with Gasteiger partial charge in [0.05, 0.1) is 33.0 Å². The van der Waals surface area contributed by atoms with Crippen LogP contribution in [0.4, 0.5) is 0 Å². The maximum Gasteiger partial charge on any atom is 0.197 e. The van der Waals surface area contributed by atoms with Gasteiger partial charge in [-0.25, -0.2) is 0 Å². The van der Waals surface area contributed by atoms with Crippen LogP contribution in [0.3, 0.4) is 0 Å². The molecule has 240 valence electrons. The van der Waals surface area contributed by atoms with Gasteiger partial charge in [0.15, 0.2) is 11.7 Å². The fraction of sp³-hybridized carbons (Fsp3) is 0.483. The Balaban J connectivity index is 1.60. The van der Waals surface area contributed by atoms with Crippen molar-refractivity contribution in [3.63, 3.8) is 0 Å². The fourth-order valence-electron chi connectivity index (χ4n) is 5.45. The lowest BCUT2D eigenvalue weighted by Gasteiger charge is -2.46. The van der Waals surface area contributed by atoms with Crippen LogP contribution in [-0.2, 0) is 14.2 Å². The van der Waals surface area contributed by atoms with E-state index in [1.165, 1.54) is 26.4 Å². The normalized spacial score (nSPS) is 32.5. The molecule has 0 amide bonds. The highest BCUT2D eigenvalue weighted by Gasteiger charge is 2.52. The summed E-state index contributed by atoms with van der Waals surface area (Å²) in [7, 11) is 2.76. The van der Waals surface area contributed by atoms with Gasteiger partial charge in [-0.15, -0.1) is 0 Å². The molecule has 15 heteroatoms. The first-order valence-electron chi connectivity index (χ1n) is 13.6. The maximum atomic E-state index is 13.4. The molecule has 0 unspecified atom stereocenters. The number of benzene rings is 2. The Kier molecular flexibility index (Phi) is 9.43. The third-order valence-corrected chi connectivity index (χ3v) is 7.88. The van der Waals surface area contributed by atoms with Crippen LogP contribution in [-0.4, -0.2) is 123 Å². The number of aliphatic hydroxyl groups excluding tert-OH is 7. The van der Waals surface area contributed by atoms with E-state index in [0.29, 0.717) is 11.3 Å². The van der Waals surface area contributed by atoms with Gasteiger partial charge in [0.2, 0.25) is 0 Å². The summed E-state index contributed by atoms with van der Waals surface area (Å²) >= 11 is 0. The summed E-state index contributed by atoms with van der Waals surface area (Å²) in [6.07, 6.45) is -16.8. The molecule has 3 aromatic rings. The maximum absolute atomic E-state index is 13.4. The van der Waals surface area contributed by atoms with Gasteiger partial charge in [-0.05, 0) is 24.3 Å². The van der Waals surface area contributed by atoms with Gasteiger partial charge in [-0.1, -0.05) is 0 Å². The molecule has 5 rings (SSSR count). The first-order chi connectivity index (χ1) is 21.0. The molecular formula is C29H34O15. The zero-order valence-electron chi connectivity index (χ0n) is 23.6. The molecule has 2 aliphatic heterocycles. The van der Waals surface area contributed by atoms with E-state index >= 15 is 0 Å². The fourth-order valence-corrected chi connectivity index (χ4v) is 5.45. The van der Waals surface area contributed by atoms with Crippen LogP contribution in [0.25, 0.3) is 22.3 Å². The van der Waals surface area contributed by atoms with Crippen LogP contribution in [0.2, 0.25) is 0 Å². The molecule has 44 heavy (non-hydrogen) atoms. The molecular weight excluding hydrogens is 588 g/mol. The number of aliphatic hydroxyl groups is 7. The van der Waals surface area contributed by atoms with Crippen molar-refractivity contribution in [2.45, 2.75) is 61.2 Å². The van der Waals surface area contributed by atoms with Gasteiger partial charge in [0, 0.05) is 17.7 Å². The number of rotatable bonds is 8. The number of hydrogen-bond acceptors (Lipinski definition) is 15. The molecule has 2 saturated heterocycles. The minimum absolute atomic E-state index is 0.0667. The first kappa shape index (κ1) is 32.1. The average Bonchev–Trinajstić information content (AvgIpc) is 3.03. The van der Waals surface area contributed by atoms with Gasteiger partial charge >= 0.3 is 0 Å². The lowest BCUT2D eigenvalue weighted by atomic mass is 9.89. The highest BCUT2D eigenvalue weighted by molar-refractivity contribution is 5.88. The summed E-state index contributed by atoms with van der Waals surface area (Å²) in [6.45, 7) is -1.54. The standard InChI is InChI=1S/C29H34O15/c1-39-12-5-3-11(4-6-12)14-7-13(32)19-16(41-14)8-15(40-2)20(23(19)35)27-28(25(37)22(34)17(9-30)42-27)44-29-26(38)24(36)21(33)18(10-31)43-29/h3-8,17-18,21-22,24-31,33-38H,9-10H2,1-2H3/t17-,18+,21-,22-,24+,25+,26-,27+,28-,29+/m1/s1. The van der Waals surface area contributed by atoms with E-state index in [2.05, 4.69) is 0 Å². The van der Waals surface area contributed by atoms with Crippen LogP contribution < -0.4 is 14.9 Å². The van der Waals surface area contributed by atoms with E-state index in [4.69, 9.17) is 28.1 Å². The minimum atomic E-state index is -1.89. The topological polar surface area (TPSA) is 238 Å². The van der Waals surface area contributed by atoms with Gasteiger partial charge in [-0.3, -0.25) is 4.79 Å². The third-order valence-electron chi connectivity index (χ3n) is 7.88. The Labute approximate surface area is 249 Å². The Bertz CT molecular complexity index is 1510. The second-order valence-electron chi connectivity index (χ2n) is 10.5. The quantitative estimate of drug-likeness (QED) is 0.143. The van der Waals surface area contributed by atoms with E-state index < -0.39 is 85.6 Å². The van der Waals surface area contributed by atoms with E-state index in [1.54, 1.807) is 24.3 Å². The number of phenols is 1. The molecule has 0 radical (unpaired) electrons. The van der Waals surface area contributed by atoms with Gasteiger partial charge < -0.3 is 69.0 Å². The van der Waals surface area contributed by atoms with Crippen molar-refractivity contribution in [3.8, 4) is 28.6 Å². The first-order valence-corrected chi connectivity index (χ1v) is 13.6. The van der Waals surface area contributed by atoms with Crippen molar-refractivity contribution in [1.82, 2.24) is 0 Å². The number of fused-ring (bicyclic) bond motifs is 1. The zero-order chi connectivity index (χ0) is 31.9. The van der Waals surface area contributed by atoms with Crippen molar-refractivity contribution >= 4 is 11.0 Å². The lowest BCUT2D eigenvalue weighted by molar-refractivity contribution is -0.342. The van der Waals surface area contributed by atoms with E-state index in [0.717, 1.165) is 0 Å². The van der Waals surface area contributed by atoms with Crippen molar-refractivity contribution in [3.05, 3.63) is 52.2 Å². The van der Waals surface area contributed by atoms with Crippen molar-refractivity contribution < 1.29 is 69.0 Å². The second-order valence-corrected chi connectivity index (χ2v) is 10.5. The number of phenolic OH excluding ortho intramolecular Hbond substituents is 1. The third kappa shape index (κ3) is 5.63. The molecule has 0 aliphatic carbocycles. The van der Waals surface area contributed by atoms with Gasteiger partial charge in [-0.2, -0.15) is 0 Å². The molecule has 3 heterocycles. The number of hydrogen-bond donors (Lipinski definition) is 8. The Morgan fingerprint density at radius 1 is 0.795 bits per heavy atom. The summed E-state index contributed by atoms with van der Waals surface area (Å²) in [6, 6.07) is 9.17. The summed E-state index contributed by atoms with van der Waals surface area (Å²) in [5.41, 5.74) is -0.412. The largest absolute Gasteiger partial charge is 0.506 e. The molecule has 2 fully saturated rings. The Hall–Kier alpha value is -3.35. The van der Waals surface area contributed by atoms with Crippen molar-refractivity contribution in [1.29, 1.82) is 0 Å². The van der Waals surface area contributed by atoms with E-state index in [-0.39, 0.29) is 28.0 Å². The summed E-state index contributed by atoms with van der Waals surface area (Å²) in [5, 5.41) is 83.2. The minimum Gasteiger partial charge on any atom is -0.506 e. The Morgan fingerprint density at radius 2 is 1.43 bits per heavy atom. The number of ether oxygens (including phenoxy) is 5. The van der Waals surface area contributed by atoms with Crippen LogP contribution in [0.15, 0.2) is 45.6 Å². The SMILES string of the molecule is COc1ccc(-c2cc(=O)c3c(O)c([C@@H]4O[C@H](CO)[C@@H](O)[C@H](O)[C@H]4O[C@@H]4O[C@@H](CO)[C@@H](O)[C@H](O)[C@H]4O)c(OC)cc3o2)cc1. The molecule has 0 bridgehead atoms. The van der Waals surface area contributed by atoms with Crippen molar-refractivity contribution in [2.24, 2.45) is 0 Å². The molecule has 2 aliphatic rings. The molecule has 2 aromatic carbocycles. The predicted molar refractivity (Wildman–Crippen MR) is 148 cm³/mol. The highest BCUT2D eigenvalue weighted by atomic mass is 16.7. The van der Waals surface area contributed by atoms with E-state index in [9.17, 15) is 45.6 Å². The number of methoxy groups -OCH3 is 2. The molecule has 15 nitrogen and oxygen atoms in total. The smallest absolute Gasteiger partial charge is 0.197 e. The molecule has 0 spiro atoms. The van der Waals surface area contributed by atoms with Crippen LogP contribution in [0.1, 0.15) is 11.7 Å². The zero-order valence-corrected chi connectivity index (χ0v) is 23.6. The summed E-state index contributed by atoms with van der Waals surface area (Å²) in [4.78, 5) is 13.4. The van der Waals surface area contributed by atoms with Gasteiger partial charge in [0.25, 0.3) is 0 Å². The lowest BCUT2D eigenvalue weighted by Crippen LogP contribution is -2.62. The molecule has 10 atom stereocenters. The highest BCUT2D eigenvalue weighted by Crippen LogP contribution is 2.46. The van der Waals surface area contributed by atoms with Crippen molar-refractivity contribution in [2.75, 3.05) is 27.4 Å².